The minimum absolute atomic E-state index is 0.254. The molecule has 0 fully saturated rings. The fraction of sp³-hybridized carbons (Fsp3) is 0.500. The van der Waals surface area contributed by atoms with Crippen LogP contribution < -0.4 is 10.1 Å². The third kappa shape index (κ3) is 5.04. The highest BCUT2D eigenvalue weighted by atomic mass is 79.9. The van der Waals surface area contributed by atoms with Gasteiger partial charge in [-0.2, -0.15) is 5.26 Å². The van der Waals surface area contributed by atoms with Gasteiger partial charge in [-0.15, -0.1) is 0 Å². The van der Waals surface area contributed by atoms with Crippen molar-refractivity contribution in [1.29, 1.82) is 5.26 Å². The number of benzene rings is 1. The Hall–Kier alpha value is -0.730. The van der Waals surface area contributed by atoms with Crippen LogP contribution in [0.5, 0.6) is 5.75 Å². The van der Waals surface area contributed by atoms with Gasteiger partial charge < -0.3 is 10.1 Å². The monoisotopic (exact) mass is 388 g/mol. The van der Waals surface area contributed by atoms with E-state index in [1.165, 1.54) is 0 Å². The zero-order chi connectivity index (χ0) is 14.5. The quantitative estimate of drug-likeness (QED) is 0.699. The molecule has 104 valence electrons. The molecule has 0 amide bonds. The molecule has 1 aromatic carbocycles. The maximum Gasteiger partial charge on any atom is 0.135 e. The third-order valence-electron chi connectivity index (χ3n) is 2.84. The predicted molar refractivity (Wildman–Crippen MR) is 85.5 cm³/mol. The van der Waals surface area contributed by atoms with E-state index in [2.05, 4.69) is 43.2 Å². The van der Waals surface area contributed by atoms with Crippen LogP contribution in [0.2, 0.25) is 0 Å². The molecule has 0 atom stereocenters. The highest BCUT2D eigenvalue weighted by molar-refractivity contribution is 9.11. The number of ether oxygens (including phenoxy) is 1. The highest BCUT2D eigenvalue weighted by Crippen LogP contribution is 2.34. The van der Waals surface area contributed by atoms with Crippen molar-refractivity contribution in [1.82, 2.24) is 0 Å². The van der Waals surface area contributed by atoms with Crippen molar-refractivity contribution in [3.8, 4) is 11.8 Å². The lowest BCUT2D eigenvalue weighted by Gasteiger charge is -2.16. The maximum atomic E-state index is 8.95. The number of halogens is 2. The van der Waals surface area contributed by atoms with Gasteiger partial charge in [-0.1, -0.05) is 0 Å². The molecule has 0 aliphatic carbocycles. The minimum atomic E-state index is -0.254. The van der Waals surface area contributed by atoms with Crippen LogP contribution in [-0.2, 0) is 0 Å². The number of hydrogen-bond acceptors (Lipinski definition) is 3. The van der Waals surface area contributed by atoms with Crippen molar-refractivity contribution in [3.05, 3.63) is 21.1 Å². The first-order valence-corrected chi connectivity index (χ1v) is 7.66. The van der Waals surface area contributed by atoms with Gasteiger partial charge in [0.25, 0.3) is 0 Å². The molecule has 1 N–H and O–H groups in total. The lowest BCUT2D eigenvalue weighted by Crippen LogP contribution is -2.11. The van der Waals surface area contributed by atoms with Crippen LogP contribution in [0.25, 0.3) is 0 Å². The minimum Gasteiger partial charge on any atom is -0.495 e. The van der Waals surface area contributed by atoms with E-state index >= 15 is 0 Å². The van der Waals surface area contributed by atoms with Crippen LogP contribution in [0.3, 0.4) is 0 Å². The highest BCUT2D eigenvalue weighted by Gasteiger charge is 2.15. The third-order valence-corrected chi connectivity index (χ3v) is 4.11. The second-order valence-corrected chi connectivity index (χ2v) is 6.70. The van der Waals surface area contributed by atoms with Gasteiger partial charge in [0, 0.05) is 17.1 Å². The van der Waals surface area contributed by atoms with E-state index < -0.39 is 0 Å². The molecule has 0 aromatic heterocycles. The lowest BCUT2D eigenvalue weighted by molar-refractivity contribution is 0.412. The predicted octanol–water partition coefficient (Wildman–Crippen LogP) is 4.96. The van der Waals surface area contributed by atoms with Crippen molar-refractivity contribution in [2.45, 2.75) is 26.7 Å². The summed E-state index contributed by atoms with van der Waals surface area (Å²) in [4.78, 5) is 0. The van der Waals surface area contributed by atoms with Crippen LogP contribution in [0, 0.1) is 16.7 Å². The fourth-order valence-corrected chi connectivity index (χ4v) is 2.93. The van der Waals surface area contributed by atoms with Crippen molar-refractivity contribution >= 4 is 37.5 Å². The Morgan fingerprint density at radius 1 is 1.32 bits per heavy atom. The van der Waals surface area contributed by atoms with Gasteiger partial charge in [0.05, 0.1) is 28.8 Å². The second kappa shape index (κ2) is 7.16. The standard InChI is InChI=1S/C14H18Br2N2O/c1-14(2,9-17)5-4-6-18-12-8-13(19-3)11(16)7-10(12)15/h7-8,18H,4-6H2,1-3H3. The Bertz CT molecular complexity index is 481. The Balaban J connectivity index is 2.57. The van der Waals surface area contributed by atoms with Gasteiger partial charge in [-0.05, 0) is 64.6 Å². The number of methoxy groups -OCH3 is 1. The summed E-state index contributed by atoms with van der Waals surface area (Å²) in [7, 11) is 1.65. The second-order valence-electron chi connectivity index (χ2n) is 4.99. The van der Waals surface area contributed by atoms with E-state index in [9.17, 15) is 0 Å². The number of nitriles is 1. The van der Waals surface area contributed by atoms with Gasteiger partial charge >= 0.3 is 0 Å². The SMILES string of the molecule is COc1cc(NCCCC(C)(C)C#N)c(Br)cc1Br. The summed E-state index contributed by atoms with van der Waals surface area (Å²) in [6, 6.07) is 6.22. The molecule has 5 heteroatoms. The Morgan fingerprint density at radius 3 is 2.58 bits per heavy atom. The number of anilines is 1. The van der Waals surface area contributed by atoms with Crippen molar-refractivity contribution in [2.24, 2.45) is 5.41 Å². The van der Waals surface area contributed by atoms with E-state index in [1.807, 2.05) is 26.0 Å². The molecule has 0 unspecified atom stereocenters. The summed E-state index contributed by atoms with van der Waals surface area (Å²) < 4.78 is 7.17. The molecular formula is C14H18Br2N2O. The molecule has 19 heavy (non-hydrogen) atoms. The van der Waals surface area contributed by atoms with Crippen LogP contribution in [0.1, 0.15) is 26.7 Å². The maximum absolute atomic E-state index is 8.95. The molecule has 0 aliphatic heterocycles. The summed E-state index contributed by atoms with van der Waals surface area (Å²) in [5.74, 6) is 0.794. The van der Waals surface area contributed by atoms with Crippen LogP contribution in [-0.4, -0.2) is 13.7 Å². The average Bonchev–Trinajstić information content (AvgIpc) is 2.36. The molecule has 0 spiro atoms. The molecule has 0 heterocycles. The zero-order valence-electron chi connectivity index (χ0n) is 11.4. The molecule has 0 radical (unpaired) electrons. The van der Waals surface area contributed by atoms with Gasteiger partial charge in [0.15, 0.2) is 0 Å². The normalized spacial score (nSPS) is 10.9. The van der Waals surface area contributed by atoms with Gasteiger partial charge in [-0.25, -0.2) is 0 Å². The van der Waals surface area contributed by atoms with E-state index in [-0.39, 0.29) is 5.41 Å². The summed E-state index contributed by atoms with van der Waals surface area (Å²) in [5, 5.41) is 12.3. The number of nitrogens with zero attached hydrogens (tertiary/aromatic N) is 1. The van der Waals surface area contributed by atoms with Crippen LogP contribution in [0.4, 0.5) is 5.69 Å². The summed E-state index contributed by atoms with van der Waals surface area (Å²) >= 11 is 6.96. The molecule has 1 rings (SSSR count). The molecule has 1 aromatic rings. The van der Waals surface area contributed by atoms with Crippen molar-refractivity contribution in [3.63, 3.8) is 0 Å². The van der Waals surface area contributed by atoms with Crippen LogP contribution in [0.15, 0.2) is 21.1 Å². The summed E-state index contributed by atoms with van der Waals surface area (Å²) in [6.07, 6.45) is 1.83. The number of hydrogen-bond donors (Lipinski definition) is 1. The molecule has 0 aliphatic rings. The summed E-state index contributed by atoms with van der Waals surface area (Å²) in [6.45, 7) is 4.76. The van der Waals surface area contributed by atoms with Gasteiger partial charge in [0.1, 0.15) is 5.75 Å². The van der Waals surface area contributed by atoms with Gasteiger partial charge in [0.2, 0.25) is 0 Å². The molecule has 0 bridgehead atoms. The Labute approximate surface area is 131 Å². The van der Waals surface area contributed by atoms with E-state index in [4.69, 9.17) is 10.00 Å². The molecule has 0 saturated carbocycles. The summed E-state index contributed by atoms with van der Waals surface area (Å²) in [5.41, 5.74) is 0.742. The van der Waals surface area contributed by atoms with Gasteiger partial charge in [-0.3, -0.25) is 0 Å². The first-order chi connectivity index (χ1) is 8.89. The van der Waals surface area contributed by atoms with E-state index in [1.54, 1.807) is 7.11 Å². The molecule has 0 saturated heterocycles. The first-order valence-electron chi connectivity index (χ1n) is 6.08. The number of rotatable bonds is 6. The Morgan fingerprint density at radius 2 is 2.00 bits per heavy atom. The number of nitrogens with one attached hydrogen (secondary N) is 1. The fourth-order valence-electron chi connectivity index (χ4n) is 1.63. The van der Waals surface area contributed by atoms with E-state index in [0.29, 0.717) is 0 Å². The Kier molecular flexibility index (Phi) is 6.15. The first kappa shape index (κ1) is 16.3. The van der Waals surface area contributed by atoms with Crippen LogP contribution >= 0.6 is 31.9 Å². The largest absolute Gasteiger partial charge is 0.495 e. The smallest absolute Gasteiger partial charge is 0.135 e. The molecule has 3 nitrogen and oxygen atoms in total. The topological polar surface area (TPSA) is 45.0 Å². The van der Waals surface area contributed by atoms with Crippen molar-refractivity contribution < 1.29 is 4.74 Å². The average molecular weight is 390 g/mol. The zero-order valence-corrected chi connectivity index (χ0v) is 14.6. The van der Waals surface area contributed by atoms with Crippen molar-refractivity contribution in [2.75, 3.05) is 19.0 Å². The van der Waals surface area contributed by atoms with E-state index in [0.717, 1.165) is 39.8 Å². The lowest BCUT2D eigenvalue weighted by atomic mass is 9.90. The molecular weight excluding hydrogens is 372 g/mol.